The zero-order chi connectivity index (χ0) is 18.0. The Kier molecular flexibility index (Phi) is 4.76. The molecule has 2 atom stereocenters. The van der Waals surface area contributed by atoms with Crippen molar-refractivity contribution in [3.8, 4) is 0 Å². The van der Waals surface area contributed by atoms with Gasteiger partial charge in [0.1, 0.15) is 11.6 Å². The molecule has 130 valence electrons. The average Bonchev–Trinajstić information content (AvgIpc) is 2.87. The highest BCUT2D eigenvalue weighted by molar-refractivity contribution is 5.96. The second kappa shape index (κ2) is 6.98. The van der Waals surface area contributed by atoms with Crippen molar-refractivity contribution in [1.82, 2.24) is 10.6 Å². The van der Waals surface area contributed by atoms with Crippen molar-refractivity contribution < 1.29 is 23.5 Å². The first-order valence-electron chi connectivity index (χ1n) is 7.73. The summed E-state index contributed by atoms with van der Waals surface area (Å²) in [6.45, 7) is -0.373. The largest absolute Gasteiger partial charge is 0.390 e. The Hall–Kier alpha value is -2.80. The average molecular weight is 346 g/mol. The van der Waals surface area contributed by atoms with Gasteiger partial charge in [0.15, 0.2) is 0 Å². The Bertz CT molecular complexity index is 805. The van der Waals surface area contributed by atoms with Crippen molar-refractivity contribution in [2.45, 2.75) is 18.6 Å². The Morgan fingerprint density at radius 1 is 1.12 bits per heavy atom. The predicted octanol–water partition coefficient (Wildman–Crippen LogP) is 1.47. The molecule has 1 aliphatic rings. The molecule has 0 aliphatic heterocycles. The molecular formula is C18H16F2N2O3. The first-order chi connectivity index (χ1) is 11.9. The van der Waals surface area contributed by atoms with Crippen LogP contribution in [-0.2, 0) is 11.2 Å². The minimum absolute atomic E-state index is 0.212. The topological polar surface area (TPSA) is 78.4 Å². The summed E-state index contributed by atoms with van der Waals surface area (Å²) in [6, 6.07) is 9.25. The lowest BCUT2D eigenvalue weighted by Gasteiger charge is -2.18. The molecule has 1 aliphatic carbocycles. The van der Waals surface area contributed by atoms with Crippen LogP contribution in [-0.4, -0.2) is 29.6 Å². The lowest BCUT2D eigenvalue weighted by molar-refractivity contribution is -0.121. The van der Waals surface area contributed by atoms with E-state index in [1.54, 1.807) is 0 Å². The summed E-state index contributed by atoms with van der Waals surface area (Å²) in [4.78, 5) is 23.9. The van der Waals surface area contributed by atoms with Gasteiger partial charge in [-0.3, -0.25) is 9.59 Å². The Morgan fingerprint density at radius 3 is 2.52 bits per heavy atom. The van der Waals surface area contributed by atoms with E-state index in [1.807, 2.05) is 24.3 Å². The molecule has 0 unspecified atom stereocenters. The van der Waals surface area contributed by atoms with Crippen molar-refractivity contribution >= 4 is 11.8 Å². The Morgan fingerprint density at radius 2 is 1.80 bits per heavy atom. The van der Waals surface area contributed by atoms with E-state index in [0.29, 0.717) is 12.5 Å². The fourth-order valence-electron chi connectivity index (χ4n) is 2.92. The van der Waals surface area contributed by atoms with Gasteiger partial charge in [-0.2, -0.15) is 0 Å². The van der Waals surface area contributed by atoms with Gasteiger partial charge in [-0.25, -0.2) is 8.78 Å². The van der Waals surface area contributed by atoms with Gasteiger partial charge in [0.2, 0.25) is 5.91 Å². The number of halogens is 2. The molecule has 0 aromatic heterocycles. The predicted molar refractivity (Wildman–Crippen MR) is 85.7 cm³/mol. The maximum absolute atomic E-state index is 13.1. The molecule has 2 amide bonds. The van der Waals surface area contributed by atoms with E-state index < -0.39 is 35.6 Å². The third kappa shape index (κ3) is 3.83. The van der Waals surface area contributed by atoms with Crippen LogP contribution in [0.4, 0.5) is 8.78 Å². The molecule has 0 spiro atoms. The molecule has 3 N–H and O–H groups in total. The molecule has 0 saturated carbocycles. The van der Waals surface area contributed by atoms with Gasteiger partial charge >= 0.3 is 0 Å². The number of carbonyl (C=O) groups is 2. The number of hydrogen-bond donors (Lipinski definition) is 3. The molecule has 5 nitrogen and oxygen atoms in total. The smallest absolute Gasteiger partial charge is 0.251 e. The number of amides is 2. The number of carbonyl (C=O) groups excluding carboxylic acids is 2. The highest BCUT2D eigenvalue weighted by atomic mass is 19.1. The monoisotopic (exact) mass is 346 g/mol. The van der Waals surface area contributed by atoms with Crippen LogP contribution in [0, 0.1) is 11.6 Å². The van der Waals surface area contributed by atoms with Crippen molar-refractivity contribution in [1.29, 1.82) is 0 Å². The number of rotatable bonds is 4. The third-order valence-corrected chi connectivity index (χ3v) is 4.05. The number of benzene rings is 2. The van der Waals surface area contributed by atoms with Crippen molar-refractivity contribution in [3.05, 3.63) is 70.8 Å². The fourth-order valence-corrected chi connectivity index (χ4v) is 2.92. The van der Waals surface area contributed by atoms with Gasteiger partial charge in [-0.1, -0.05) is 24.3 Å². The van der Waals surface area contributed by atoms with Crippen molar-refractivity contribution in [2.24, 2.45) is 0 Å². The molecule has 7 heteroatoms. The molecule has 25 heavy (non-hydrogen) atoms. The first kappa shape index (κ1) is 17.0. The fraction of sp³-hybridized carbons (Fsp3) is 0.222. The third-order valence-electron chi connectivity index (χ3n) is 4.05. The SMILES string of the molecule is O=C(CNC(=O)c1cc(F)cc(F)c1)N[C@H]1c2ccccc2C[C@@H]1O. The molecule has 2 aromatic rings. The maximum Gasteiger partial charge on any atom is 0.251 e. The second-order valence-electron chi connectivity index (χ2n) is 5.86. The van der Waals surface area contributed by atoms with Crippen LogP contribution < -0.4 is 10.6 Å². The van der Waals surface area contributed by atoms with Crippen LogP contribution in [0.15, 0.2) is 42.5 Å². The molecule has 0 radical (unpaired) electrons. The molecule has 0 saturated heterocycles. The van der Waals surface area contributed by atoms with E-state index >= 15 is 0 Å². The maximum atomic E-state index is 13.1. The van der Waals surface area contributed by atoms with E-state index in [2.05, 4.69) is 10.6 Å². The van der Waals surface area contributed by atoms with E-state index in [9.17, 15) is 23.5 Å². The highest BCUT2D eigenvalue weighted by Crippen LogP contribution is 2.30. The minimum Gasteiger partial charge on any atom is -0.390 e. The van der Waals surface area contributed by atoms with Gasteiger partial charge in [-0.05, 0) is 23.3 Å². The quantitative estimate of drug-likeness (QED) is 0.784. The van der Waals surface area contributed by atoms with E-state index in [0.717, 1.165) is 23.3 Å². The van der Waals surface area contributed by atoms with Crippen LogP contribution in [0.3, 0.4) is 0 Å². The number of fused-ring (bicyclic) bond motifs is 1. The zero-order valence-corrected chi connectivity index (χ0v) is 13.1. The summed E-state index contributed by atoms with van der Waals surface area (Å²) in [6.07, 6.45) is -0.301. The van der Waals surface area contributed by atoms with Gasteiger partial charge in [0, 0.05) is 18.1 Å². The van der Waals surface area contributed by atoms with Crippen LogP contribution in [0.1, 0.15) is 27.5 Å². The van der Waals surface area contributed by atoms with Crippen LogP contribution in [0.2, 0.25) is 0 Å². The van der Waals surface area contributed by atoms with Crippen molar-refractivity contribution in [2.75, 3.05) is 6.54 Å². The molecule has 0 bridgehead atoms. The minimum atomic E-state index is -0.875. The summed E-state index contributed by atoms with van der Waals surface area (Å²) in [5, 5.41) is 15.1. The number of hydrogen-bond acceptors (Lipinski definition) is 3. The lowest BCUT2D eigenvalue weighted by Crippen LogP contribution is -2.41. The Balaban J connectivity index is 1.59. The number of nitrogens with one attached hydrogen (secondary N) is 2. The molecule has 3 rings (SSSR count). The molecular weight excluding hydrogens is 330 g/mol. The highest BCUT2D eigenvalue weighted by Gasteiger charge is 2.31. The summed E-state index contributed by atoms with van der Waals surface area (Å²) in [5.74, 6) is -3.02. The van der Waals surface area contributed by atoms with Crippen LogP contribution in [0.5, 0.6) is 0 Å². The van der Waals surface area contributed by atoms with E-state index in [4.69, 9.17) is 0 Å². The van der Waals surface area contributed by atoms with Gasteiger partial charge in [0.25, 0.3) is 5.91 Å². The lowest BCUT2D eigenvalue weighted by atomic mass is 10.1. The normalized spacial score (nSPS) is 18.5. The van der Waals surface area contributed by atoms with Crippen LogP contribution >= 0.6 is 0 Å². The molecule has 2 aromatic carbocycles. The molecule has 0 fully saturated rings. The summed E-state index contributed by atoms with van der Waals surface area (Å²) in [5.41, 5.74) is 1.58. The van der Waals surface area contributed by atoms with Crippen molar-refractivity contribution in [3.63, 3.8) is 0 Å². The number of aliphatic hydroxyl groups is 1. The standard InChI is InChI=1S/C18H16F2N2O3/c19-12-5-11(6-13(20)8-12)18(25)21-9-16(24)22-17-14-4-2-1-3-10(14)7-15(17)23/h1-6,8,15,17,23H,7,9H2,(H,21,25)(H,22,24)/t15-,17-/m0/s1. The van der Waals surface area contributed by atoms with Gasteiger partial charge in [0.05, 0.1) is 18.7 Å². The second-order valence-corrected chi connectivity index (χ2v) is 5.86. The summed E-state index contributed by atoms with van der Waals surface area (Å²) in [7, 11) is 0. The van der Waals surface area contributed by atoms with Crippen LogP contribution in [0.25, 0.3) is 0 Å². The molecule has 0 heterocycles. The van der Waals surface area contributed by atoms with Gasteiger partial charge in [-0.15, -0.1) is 0 Å². The number of aliphatic hydroxyl groups excluding tert-OH is 1. The summed E-state index contributed by atoms with van der Waals surface area (Å²) < 4.78 is 26.2. The van der Waals surface area contributed by atoms with E-state index in [-0.39, 0.29) is 12.1 Å². The Labute approximate surface area is 142 Å². The first-order valence-corrected chi connectivity index (χ1v) is 7.73. The zero-order valence-electron chi connectivity index (χ0n) is 13.1. The summed E-state index contributed by atoms with van der Waals surface area (Å²) >= 11 is 0. The van der Waals surface area contributed by atoms with E-state index in [1.165, 1.54) is 0 Å². The van der Waals surface area contributed by atoms with Gasteiger partial charge < -0.3 is 15.7 Å².